The van der Waals surface area contributed by atoms with Crippen LogP contribution in [0.3, 0.4) is 0 Å². The minimum atomic E-state index is 1.20. The van der Waals surface area contributed by atoms with Crippen LogP contribution in [0.4, 0.5) is 0 Å². The summed E-state index contributed by atoms with van der Waals surface area (Å²) in [7, 11) is 2.13. The molecule has 0 aliphatic carbocycles. The van der Waals surface area contributed by atoms with E-state index in [0.29, 0.717) is 0 Å². The summed E-state index contributed by atoms with van der Waals surface area (Å²) >= 11 is 0. The van der Waals surface area contributed by atoms with Gasteiger partial charge in [-0.05, 0) is 6.42 Å². The van der Waals surface area contributed by atoms with Crippen LogP contribution in [0, 0.1) is 0 Å². The molecule has 2 nitrogen and oxygen atoms in total. The van der Waals surface area contributed by atoms with Gasteiger partial charge in [0.2, 0.25) is 6.34 Å². The molecule has 2 heteroatoms. The molecule has 0 unspecified atom stereocenters. The summed E-state index contributed by atoms with van der Waals surface area (Å²) in [6, 6.07) is 0. The number of hydrogen-bond donors (Lipinski definition) is 0. The van der Waals surface area contributed by atoms with Crippen molar-refractivity contribution >= 4 is 6.34 Å². The average Bonchev–Trinajstić information content (AvgIpc) is 2.31. The molecule has 0 N–H and O–H groups in total. The van der Waals surface area contributed by atoms with Crippen molar-refractivity contribution in [2.24, 2.45) is 0 Å². The Morgan fingerprint density at radius 1 is 1.60 bits per heavy atom. The van der Waals surface area contributed by atoms with E-state index in [1.807, 2.05) is 0 Å². The van der Waals surface area contributed by atoms with Crippen molar-refractivity contribution in [3.8, 4) is 0 Å². The van der Waals surface area contributed by atoms with E-state index in [4.69, 9.17) is 0 Å². The van der Waals surface area contributed by atoms with Gasteiger partial charge in [-0.3, -0.25) is 9.48 Å². The third-order valence-electron chi connectivity index (χ3n) is 1.90. The Labute approximate surface area is 63.2 Å². The van der Waals surface area contributed by atoms with Gasteiger partial charge in [-0.15, -0.1) is 0 Å². The summed E-state index contributed by atoms with van der Waals surface area (Å²) in [6.07, 6.45) is 4.84. The fraction of sp³-hybridized carbons (Fsp3) is 0.875. The Bertz CT molecular complexity index is 129. The molecule has 0 aromatic carbocycles. The highest BCUT2D eigenvalue weighted by Crippen LogP contribution is 1.93. The van der Waals surface area contributed by atoms with E-state index in [0.717, 1.165) is 0 Å². The van der Waals surface area contributed by atoms with E-state index in [9.17, 15) is 0 Å². The van der Waals surface area contributed by atoms with Crippen molar-refractivity contribution in [3.05, 3.63) is 0 Å². The lowest BCUT2D eigenvalue weighted by atomic mass is 10.3. The van der Waals surface area contributed by atoms with Crippen LogP contribution in [0.25, 0.3) is 0 Å². The predicted molar refractivity (Wildman–Crippen MR) is 43.6 cm³/mol. The summed E-state index contributed by atoms with van der Waals surface area (Å²) < 4.78 is 2.39. The molecule has 1 aliphatic heterocycles. The van der Waals surface area contributed by atoms with Gasteiger partial charge in [0, 0.05) is 0 Å². The van der Waals surface area contributed by atoms with Crippen molar-refractivity contribution in [1.29, 1.82) is 0 Å². The van der Waals surface area contributed by atoms with Crippen molar-refractivity contribution in [1.82, 2.24) is 4.90 Å². The molecule has 0 spiro atoms. The minimum absolute atomic E-state index is 1.20. The second-order valence-corrected chi connectivity index (χ2v) is 2.99. The van der Waals surface area contributed by atoms with Crippen LogP contribution in [0.5, 0.6) is 0 Å². The maximum absolute atomic E-state index is 2.39. The fourth-order valence-electron chi connectivity index (χ4n) is 1.21. The second kappa shape index (κ2) is 3.59. The molecule has 1 aliphatic rings. The van der Waals surface area contributed by atoms with Gasteiger partial charge in [-0.1, -0.05) is 13.3 Å². The van der Waals surface area contributed by atoms with Crippen LogP contribution >= 0.6 is 0 Å². The van der Waals surface area contributed by atoms with E-state index in [1.54, 1.807) is 0 Å². The zero-order valence-electron chi connectivity index (χ0n) is 7.01. The lowest BCUT2D eigenvalue weighted by Gasteiger charge is -1.95. The molecule has 58 valence electrons. The van der Waals surface area contributed by atoms with Gasteiger partial charge in [-0.25, -0.2) is 0 Å². The van der Waals surface area contributed by atoms with Crippen molar-refractivity contribution in [2.45, 2.75) is 19.8 Å². The summed E-state index contributed by atoms with van der Waals surface area (Å²) in [5.41, 5.74) is 0. The van der Waals surface area contributed by atoms with Crippen LogP contribution < -0.4 is 0 Å². The van der Waals surface area contributed by atoms with Gasteiger partial charge in [0.1, 0.15) is 13.1 Å². The normalized spacial score (nSPS) is 17.8. The number of nitrogens with zero attached hydrogens (tertiary/aromatic N) is 2. The van der Waals surface area contributed by atoms with Crippen LogP contribution in [0.2, 0.25) is 0 Å². The Morgan fingerprint density at radius 2 is 2.40 bits per heavy atom. The fourth-order valence-corrected chi connectivity index (χ4v) is 1.21. The monoisotopic (exact) mass is 141 g/mol. The third kappa shape index (κ3) is 2.01. The Morgan fingerprint density at radius 3 is 2.90 bits per heavy atom. The summed E-state index contributed by atoms with van der Waals surface area (Å²) in [5, 5.41) is 0. The first-order chi connectivity index (χ1) is 4.83. The SMILES string of the molecule is CCCC[N+]1=CN(C)CC1. The van der Waals surface area contributed by atoms with E-state index < -0.39 is 0 Å². The quantitative estimate of drug-likeness (QED) is 0.526. The second-order valence-electron chi connectivity index (χ2n) is 2.99. The molecule has 0 atom stereocenters. The summed E-state index contributed by atoms with van der Waals surface area (Å²) in [5.74, 6) is 0. The van der Waals surface area contributed by atoms with Gasteiger partial charge in [0.25, 0.3) is 0 Å². The zero-order valence-corrected chi connectivity index (χ0v) is 7.01. The van der Waals surface area contributed by atoms with E-state index in [2.05, 4.69) is 29.8 Å². The summed E-state index contributed by atoms with van der Waals surface area (Å²) in [6.45, 7) is 5.89. The molecular weight excluding hydrogens is 124 g/mol. The van der Waals surface area contributed by atoms with Crippen molar-refractivity contribution < 1.29 is 4.58 Å². The molecule has 0 radical (unpaired) electrons. The van der Waals surface area contributed by atoms with Gasteiger partial charge in [0.15, 0.2) is 0 Å². The molecule has 0 aromatic rings. The van der Waals surface area contributed by atoms with Crippen molar-refractivity contribution in [2.75, 3.05) is 26.7 Å². The largest absolute Gasteiger partial charge is 0.267 e. The first kappa shape index (κ1) is 7.58. The van der Waals surface area contributed by atoms with Gasteiger partial charge in [0.05, 0.1) is 13.6 Å². The molecule has 1 rings (SSSR count). The van der Waals surface area contributed by atoms with Crippen molar-refractivity contribution in [3.63, 3.8) is 0 Å². The Kier molecular flexibility index (Phi) is 2.72. The smallest absolute Gasteiger partial charge is 0.234 e. The van der Waals surface area contributed by atoms with Crippen LogP contribution in [-0.2, 0) is 0 Å². The highest BCUT2D eigenvalue weighted by atomic mass is 15.2. The molecule has 0 amide bonds. The first-order valence-electron chi connectivity index (χ1n) is 4.12. The standard InChI is InChI=1S/C8H17N2/c1-3-4-5-10-7-6-9(2)8-10/h8H,3-7H2,1-2H3/q+1. The number of hydrogen-bond acceptors (Lipinski definition) is 1. The highest BCUT2D eigenvalue weighted by Gasteiger charge is 2.12. The number of rotatable bonds is 3. The minimum Gasteiger partial charge on any atom is -0.267 e. The molecule has 0 bridgehead atoms. The number of likely N-dealkylation sites (N-methyl/N-ethyl adjacent to an activating group) is 1. The highest BCUT2D eigenvalue weighted by molar-refractivity contribution is 5.49. The average molecular weight is 141 g/mol. The topological polar surface area (TPSA) is 6.25 Å². The van der Waals surface area contributed by atoms with Gasteiger partial charge in [-0.2, -0.15) is 0 Å². The first-order valence-corrected chi connectivity index (χ1v) is 4.12. The maximum atomic E-state index is 2.39. The van der Waals surface area contributed by atoms with Gasteiger partial charge < -0.3 is 0 Å². The molecule has 0 aromatic heterocycles. The predicted octanol–water partition coefficient (Wildman–Crippen LogP) is 0.773. The molecular formula is C8H17N2+. The lowest BCUT2D eigenvalue weighted by molar-refractivity contribution is -0.514. The lowest BCUT2D eigenvalue weighted by Crippen LogP contribution is -2.11. The zero-order chi connectivity index (χ0) is 7.40. The van der Waals surface area contributed by atoms with Crippen LogP contribution in [0.1, 0.15) is 19.8 Å². The van der Waals surface area contributed by atoms with Crippen LogP contribution in [0.15, 0.2) is 0 Å². The van der Waals surface area contributed by atoms with Crippen LogP contribution in [-0.4, -0.2) is 42.5 Å². The summed E-state index contributed by atoms with van der Waals surface area (Å²) in [4.78, 5) is 2.25. The molecule has 1 heterocycles. The molecule has 0 saturated carbocycles. The molecule has 10 heavy (non-hydrogen) atoms. The maximum Gasteiger partial charge on any atom is 0.234 e. The van der Waals surface area contributed by atoms with E-state index >= 15 is 0 Å². The Hall–Kier alpha value is -0.530. The number of unbranched alkanes of at least 4 members (excludes halogenated alkanes) is 1. The Balaban J connectivity index is 2.22. The molecule has 0 saturated heterocycles. The van der Waals surface area contributed by atoms with Gasteiger partial charge >= 0.3 is 0 Å². The van der Waals surface area contributed by atoms with E-state index in [-0.39, 0.29) is 0 Å². The molecule has 0 fully saturated rings. The van der Waals surface area contributed by atoms with E-state index in [1.165, 1.54) is 32.5 Å². The third-order valence-corrected chi connectivity index (χ3v) is 1.90.